The van der Waals surface area contributed by atoms with Crippen molar-refractivity contribution in [3.63, 3.8) is 0 Å². The van der Waals surface area contributed by atoms with Gasteiger partial charge >= 0.3 is 0 Å². The Morgan fingerprint density at radius 1 is 0.950 bits per heavy atom. The first kappa shape index (κ1) is 14.7. The molecule has 1 nitrogen and oxygen atoms in total. The average Bonchev–Trinajstić information content (AvgIpc) is 2.42. The maximum absolute atomic E-state index is 13.7. The van der Waals surface area contributed by atoms with Crippen molar-refractivity contribution in [2.45, 2.75) is 6.42 Å². The summed E-state index contributed by atoms with van der Waals surface area (Å²) >= 11 is 2.88. The van der Waals surface area contributed by atoms with Crippen molar-refractivity contribution in [3.05, 3.63) is 69.2 Å². The maximum Gasteiger partial charge on any atom is 0.167 e. The number of halogens is 5. The molecule has 0 atom stereocenters. The van der Waals surface area contributed by atoms with Crippen molar-refractivity contribution >= 4 is 21.7 Å². The molecule has 2 aromatic carbocycles. The first-order valence-electron chi connectivity index (χ1n) is 5.50. The van der Waals surface area contributed by atoms with Crippen LogP contribution in [0.3, 0.4) is 0 Å². The summed E-state index contributed by atoms with van der Waals surface area (Å²) in [6, 6.07) is 4.74. The Hall–Kier alpha value is -1.69. The standard InChI is InChI=1S/C14H7BrF4O/c15-9-2-4-10(16)8(14(9)19)6-13(20)7-1-3-11(17)12(18)5-7/h1-5H,6H2. The van der Waals surface area contributed by atoms with E-state index in [2.05, 4.69) is 15.9 Å². The number of hydrogen-bond acceptors (Lipinski definition) is 1. The summed E-state index contributed by atoms with van der Waals surface area (Å²) in [6.45, 7) is 0. The van der Waals surface area contributed by atoms with Crippen molar-refractivity contribution in [1.29, 1.82) is 0 Å². The monoisotopic (exact) mass is 346 g/mol. The summed E-state index contributed by atoms with van der Waals surface area (Å²) in [5, 5.41) is 0. The van der Waals surface area contributed by atoms with Crippen LogP contribution < -0.4 is 0 Å². The van der Waals surface area contributed by atoms with E-state index in [0.717, 1.165) is 18.2 Å². The molecular formula is C14H7BrF4O. The SMILES string of the molecule is O=C(Cc1c(F)ccc(Br)c1F)c1ccc(F)c(F)c1. The highest BCUT2D eigenvalue weighted by atomic mass is 79.9. The molecule has 0 bridgehead atoms. The molecule has 0 heterocycles. The van der Waals surface area contributed by atoms with Crippen LogP contribution in [0.5, 0.6) is 0 Å². The minimum absolute atomic E-state index is 0.0204. The van der Waals surface area contributed by atoms with Gasteiger partial charge < -0.3 is 0 Å². The summed E-state index contributed by atoms with van der Waals surface area (Å²) in [4.78, 5) is 11.9. The van der Waals surface area contributed by atoms with Gasteiger partial charge in [0.25, 0.3) is 0 Å². The molecule has 6 heteroatoms. The van der Waals surface area contributed by atoms with Gasteiger partial charge in [-0.3, -0.25) is 4.79 Å². The number of rotatable bonds is 3. The lowest BCUT2D eigenvalue weighted by molar-refractivity contribution is 0.0990. The molecule has 0 radical (unpaired) electrons. The topological polar surface area (TPSA) is 17.1 Å². The van der Waals surface area contributed by atoms with Crippen LogP contribution >= 0.6 is 15.9 Å². The number of carbonyl (C=O) groups excluding carboxylic acids is 1. The molecule has 0 amide bonds. The second kappa shape index (κ2) is 5.75. The molecule has 0 N–H and O–H groups in total. The third-order valence-electron chi connectivity index (χ3n) is 2.72. The van der Waals surface area contributed by atoms with E-state index in [0.29, 0.717) is 6.07 Å². The minimum Gasteiger partial charge on any atom is -0.294 e. The van der Waals surface area contributed by atoms with Crippen LogP contribution in [0.25, 0.3) is 0 Å². The molecule has 2 aromatic rings. The highest BCUT2D eigenvalue weighted by molar-refractivity contribution is 9.10. The summed E-state index contributed by atoms with van der Waals surface area (Å²) < 4.78 is 53.0. The summed E-state index contributed by atoms with van der Waals surface area (Å²) in [5.41, 5.74) is -0.572. The quantitative estimate of drug-likeness (QED) is 0.456. The molecule has 0 aliphatic rings. The Morgan fingerprint density at radius 2 is 1.60 bits per heavy atom. The van der Waals surface area contributed by atoms with Gasteiger partial charge in [-0.1, -0.05) is 0 Å². The highest BCUT2D eigenvalue weighted by Crippen LogP contribution is 2.23. The number of hydrogen-bond donors (Lipinski definition) is 0. The molecule has 0 aromatic heterocycles. The molecule has 0 aliphatic heterocycles. The predicted molar refractivity (Wildman–Crippen MR) is 68.5 cm³/mol. The van der Waals surface area contributed by atoms with E-state index < -0.39 is 41.0 Å². The largest absolute Gasteiger partial charge is 0.294 e. The molecule has 0 unspecified atom stereocenters. The van der Waals surface area contributed by atoms with Gasteiger partial charge in [0.2, 0.25) is 0 Å². The van der Waals surface area contributed by atoms with E-state index in [1.54, 1.807) is 0 Å². The molecule has 2 rings (SSSR count). The van der Waals surface area contributed by atoms with Crippen molar-refractivity contribution in [1.82, 2.24) is 0 Å². The Bertz CT molecular complexity index is 685. The van der Waals surface area contributed by atoms with Gasteiger partial charge in [0.05, 0.1) is 4.47 Å². The van der Waals surface area contributed by atoms with E-state index in [1.807, 2.05) is 0 Å². The highest BCUT2D eigenvalue weighted by Gasteiger charge is 2.17. The van der Waals surface area contributed by atoms with Crippen LogP contribution in [0, 0.1) is 23.3 Å². The van der Waals surface area contributed by atoms with Crippen molar-refractivity contribution < 1.29 is 22.4 Å². The third-order valence-corrected chi connectivity index (χ3v) is 3.33. The van der Waals surface area contributed by atoms with Gasteiger partial charge in [-0.2, -0.15) is 0 Å². The Morgan fingerprint density at radius 3 is 2.25 bits per heavy atom. The van der Waals surface area contributed by atoms with Crippen LogP contribution in [0.15, 0.2) is 34.8 Å². The van der Waals surface area contributed by atoms with E-state index in [4.69, 9.17) is 0 Å². The van der Waals surface area contributed by atoms with Gasteiger partial charge in [-0.05, 0) is 46.3 Å². The molecule has 104 valence electrons. The van der Waals surface area contributed by atoms with Gasteiger partial charge in [0.15, 0.2) is 17.4 Å². The van der Waals surface area contributed by atoms with Crippen LogP contribution in [0.4, 0.5) is 17.6 Å². The fourth-order valence-corrected chi connectivity index (χ4v) is 2.03. The lowest BCUT2D eigenvalue weighted by Crippen LogP contribution is -2.08. The maximum atomic E-state index is 13.7. The summed E-state index contributed by atoms with van der Waals surface area (Å²) in [6.07, 6.45) is -0.581. The number of Topliss-reactive ketones (excluding diaryl/α,β-unsaturated/α-hetero) is 1. The van der Waals surface area contributed by atoms with Gasteiger partial charge in [0, 0.05) is 17.5 Å². The number of ketones is 1. The lowest BCUT2D eigenvalue weighted by Gasteiger charge is -2.06. The molecular weight excluding hydrogens is 340 g/mol. The van der Waals surface area contributed by atoms with E-state index in [1.165, 1.54) is 6.07 Å². The molecule has 0 fully saturated rings. The fraction of sp³-hybridized carbons (Fsp3) is 0.0714. The zero-order valence-electron chi connectivity index (χ0n) is 9.89. The summed E-state index contributed by atoms with van der Waals surface area (Å²) in [7, 11) is 0. The Labute approximate surface area is 120 Å². The second-order valence-electron chi connectivity index (χ2n) is 4.05. The summed E-state index contributed by atoms with van der Waals surface area (Å²) in [5.74, 6) is -4.75. The lowest BCUT2D eigenvalue weighted by atomic mass is 10.0. The number of benzene rings is 2. The Balaban J connectivity index is 2.32. The smallest absolute Gasteiger partial charge is 0.167 e. The van der Waals surface area contributed by atoms with Crippen LogP contribution in [0.2, 0.25) is 0 Å². The van der Waals surface area contributed by atoms with Gasteiger partial charge in [0.1, 0.15) is 11.6 Å². The zero-order chi connectivity index (χ0) is 14.9. The van der Waals surface area contributed by atoms with E-state index in [-0.39, 0.29) is 10.0 Å². The molecule has 0 spiro atoms. The second-order valence-corrected chi connectivity index (χ2v) is 4.90. The van der Waals surface area contributed by atoms with Gasteiger partial charge in [-0.15, -0.1) is 0 Å². The normalized spacial score (nSPS) is 10.7. The minimum atomic E-state index is -1.19. The first-order valence-corrected chi connectivity index (χ1v) is 6.30. The predicted octanol–water partition coefficient (Wildman–Crippen LogP) is 4.43. The fourth-order valence-electron chi connectivity index (χ4n) is 1.66. The number of carbonyl (C=O) groups is 1. The molecule has 20 heavy (non-hydrogen) atoms. The van der Waals surface area contributed by atoms with Crippen molar-refractivity contribution in [3.8, 4) is 0 Å². The van der Waals surface area contributed by atoms with Crippen LogP contribution in [-0.4, -0.2) is 5.78 Å². The molecule has 0 saturated heterocycles. The first-order chi connectivity index (χ1) is 9.40. The van der Waals surface area contributed by atoms with E-state index in [9.17, 15) is 22.4 Å². The van der Waals surface area contributed by atoms with Crippen LogP contribution in [-0.2, 0) is 6.42 Å². The van der Waals surface area contributed by atoms with Gasteiger partial charge in [-0.25, -0.2) is 17.6 Å². The average molecular weight is 347 g/mol. The molecule has 0 saturated carbocycles. The van der Waals surface area contributed by atoms with Crippen molar-refractivity contribution in [2.75, 3.05) is 0 Å². The third kappa shape index (κ3) is 2.90. The molecule has 0 aliphatic carbocycles. The zero-order valence-corrected chi connectivity index (χ0v) is 11.5. The van der Waals surface area contributed by atoms with Crippen molar-refractivity contribution in [2.24, 2.45) is 0 Å². The Kier molecular flexibility index (Phi) is 4.23. The van der Waals surface area contributed by atoms with Crippen LogP contribution in [0.1, 0.15) is 15.9 Å². The van der Waals surface area contributed by atoms with E-state index >= 15 is 0 Å².